The summed E-state index contributed by atoms with van der Waals surface area (Å²) >= 11 is 1.03. The summed E-state index contributed by atoms with van der Waals surface area (Å²) in [5, 5.41) is 10.4. The van der Waals surface area contributed by atoms with Crippen LogP contribution in [0, 0.1) is 0 Å². The zero-order valence-corrected chi connectivity index (χ0v) is 12.9. The van der Waals surface area contributed by atoms with Crippen molar-refractivity contribution < 1.29 is 23.1 Å². The Hall–Kier alpha value is -1.86. The van der Waals surface area contributed by atoms with Crippen molar-refractivity contribution in [3.8, 4) is 11.5 Å². The number of carboxylic acids is 1. The number of rotatable bonds is 6. The molecule has 0 fully saturated rings. The quantitative estimate of drug-likeness (QED) is 0.879. The van der Waals surface area contributed by atoms with E-state index >= 15 is 0 Å². The number of hydrogen-bond donors (Lipinski definition) is 1. The number of ether oxygens (including phenoxy) is 1. The maximum absolute atomic E-state index is 12.2. The number of carboxylic acid groups (broad SMARTS) is 1. The predicted octanol–water partition coefficient (Wildman–Crippen LogP) is 3.42. The summed E-state index contributed by atoms with van der Waals surface area (Å²) < 4.78 is 29.9. The third kappa shape index (κ3) is 3.62. The van der Waals surface area contributed by atoms with Crippen molar-refractivity contribution in [2.75, 3.05) is 5.75 Å². The van der Waals surface area contributed by atoms with Crippen LogP contribution in [0.3, 0.4) is 0 Å². The van der Waals surface area contributed by atoms with Gasteiger partial charge in [0.15, 0.2) is 9.84 Å². The van der Waals surface area contributed by atoms with Gasteiger partial charge in [-0.1, -0.05) is 19.1 Å². The average molecular weight is 326 g/mol. The Morgan fingerprint density at radius 2 is 2.05 bits per heavy atom. The molecule has 0 saturated carbocycles. The van der Waals surface area contributed by atoms with Gasteiger partial charge in [0, 0.05) is 11.4 Å². The minimum absolute atomic E-state index is 0.0391. The first-order valence-electron chi connectivity index (χ1n) is 6.25. The fourth-order valence-electron chi connectivity index (χ4n) is 1.78. The summed E-state index contributed by atoms with van der Waals surface area (Å²) in [6.07, 6.45) is 0.512. The Morgan fingerprint density at radius 1 is 1.33 bits per heavy atom. The van der Waals surface area contributed by atoms with E-state index < -0.39 is 15.8 Å². The van der Waals surface area contributed by atoms with Crippen LogP contribution in [-0.2, 0) is 9.84 Å². The van der Waals surface area contributed by atoms with Crippen LogP contribution in [0.1, 0.15) is 23.0 Å². The first kappa shape index (κ1) is 15.5. The van der Waals surface area contributed by atoms with Crippen molar-refractivity contribution in [3.05, 3.63) is 40.6 Å². The van der Waals surface area contributed by atoms with Gasteiger partial charge in [-0.2, -0.15) is 0 Å². The molecule has 0 atom stereocenters. The largest absolute Gasteiger partial charge is 0.477 e. The number of thiophene rings is 1. The zero-order chi connectivity index (χ0) is 15.5. The molecular weight excluding hydrogens is 312 g/mol. The zero-order valence-electron chi connectivity index (χ0n) is 11.3. The molecule has 0 amide bonds. The van der Waals surface area contributed by atoms with E-state index in [0.717, 1.165) is 11.3 Å². The molecule has 0 bridgehead atoms. The molecule has 1 aromatic heterocycles. The van der Waals surface area contributed by atoms with Crippen LogP contribution in [0.15, 0.2) is 40.6 Å². The van der Waals surface area contributed by atoms with Crippen molar-refractivity contribution in [2.24, 2.45) is 0 Å². The third-order valence-corrected chi connectivity index (χ3v) is 5.52. The number of hydrogen-bond acceptors (Lipinski definition) is 5. The second-order valence-corrected chi connectivity index (χ2v) is 7.31. The van der Waals surface area contributed by atoms with Crippen LogP contribution >= 0.6 is 11.3 Å². The highest BCUT2D eigenvalue weighted by Gasteiger charge is 2.19. The molecular formula is C14H14O5S2. The molecule has 1 N–H and O–H groups in total. The molecule has 2 aromatic rings. The van der Waals surface area contributed by atoms with Crippen molar-refractivity contribution in [1.29, 1.82) is 0 Å². The van der Waals surface area contributed by atoms with Gasteiger partial charge in [0.05, 0.1) is 5.75 Å². The summed E-state index contributed by atoms with van der Waals surface area (Å²) in [4.78, 5) is 11.1. The second kappa shape index (κ2) is 6.28. The number of sulfone groups is 1. The van der Waals surface area contributed by atoms with Gasteiger partial charge in [0.25, 0.3) is 0 Å². The molecule has 1 aromatic carbocycles. The van der Waals surface area contributed by atoms with Gasteiger partial charge in [-0.25, -0.2) is 13.2 Å². The topological polar surface area (TPSA) is 80.7 Å². The Labute approximate surface area is 126 Å². The summed E-state index contributed by atoms with van der Waals surface area (Å²) in [6.45, 7) is 1.79. The van der Waals surface area contributed by atoms with Crippen LogP contribution in [0.4, 0.5) is 0 Å². The average Bonchev–Trinajstić information content (AvgIpc) is 2.88. The lowest BCUT2D eigenvalue weighted by atomic mass is 10.3. The summed E-state index contributed by atoms with van der Waals surface area (Å²) in [5.74, 6) is -0.476. The van der Waals surface area contributed by atoms with E-state index in [9.17, 15) is 13.2 Å². The van der Waals surface area contributed by atoms with E-state index in [4.69, 9.17) is 9.84 Å². The monoisotopic (exact) mass is 326 g/mol. The van der Waals surface area contributed by atoms with Gasteiger partial charge >= 0.3 is 5.97 Å². The molecule has 5 nitrogen and oxygen atoms in total. The summed E-state index contributed by atoms with van der Waals surface area (Å²) in [5.41, 5.74) is 0. The van der Waals surface area contributed by atoms with E-state index in [1.165, 1.54) is 17.5 Å². The fraction of sp³-hybridized carbons (Fsp3) is 0.214. The molecule has 112 valence electrons. The minimum Gasteiger partial charge on any atom is -0.477 e. The lowest BCUT2D eigenvalue weighted by Gasteiger charge is -2.10. The predicted molar refractivity (Wildman–Crippen MR) is 80.1 cm³/mol. The number of para-hydroxylation sites is 1. The Morgan fingerprint density at radius 3 is 2.67 bits per heavy atom. The lowest BCUT2D eigenvalue weighted by Crippen LogP contribution is -2.07. The van der Waals surface area contributed by atoms with Gasteiger partial charge < -0.3 is 9.84 Å². The smallest absolute Gasteiger partial charge is 0.346 e. The Bertz CT molecular complexity index is 746. The minimum atomic E-state index is -3.41. The van der Waals surface area contributed by atoms with Gasteiger partial charge in [-0.15, -0.1) is 11.3 Å². The highest BCUT2D eigenvalue weighted by atomic mass is 32.2. The van der Waals surface area contributed by atoms with E-state index in [2.05, 4.69) is 0 Å². The van der Waals surface area contributed by atoms with E-state index in [0.29, 0.717) is 12.2 Å². The molecule has 1 heterocycles. The number of benzene rings is 1. The lowest BCUT2D eigenvalue weighted by molar-refractivity contribution is 0.0702. The van der Waals surface area contributed by atoms with Gasteiger partial charge in [0.2, 0.25) is 0 Å². The van der Waals surface area contributed by atoms with Crippen LogP contribution in [0.25, 0.3) is 0 Å². The van der Waals surface area contributed by atoms with Crippen molar-refractivity contribution in [2.45, 2.75) is 18.2 Å². The Balaban J connectivity index is 2.34. The van der Waals surface area contributed by atoms with Gasteiger partial charge in [-0.05, 0) is 18.6 Å². The van der Waals surface area contributed by atoms with E-state index in [-0.39, 0.29) is 21.3 Å². The SMILES string of the molecule is CCCS(=O)(=O)c1ccccc1Oc1csc(C(=O)O)c1. The highest BCUT2D eigenvalue weighted by molar-refractivity contribution is 7.91. The summed E-state index contributed by atoms with van der Waals surface area (Å²) in [6, 6.07) is 7.72. The second-order valence-electron chi connectivity index (χ2n) is 4.32. The summed E-state index contributed by atoms with van der Waals surface area (Å²) in [7, 11) is -3.41. The van der Waals surface area contributed by atoms with E-state index in [1.54, 1.807) is 25.1 Å². The molecule has 0 aliphatic rings. The Kier molecular flexibility index (Phi) is 4.64. The number of aromatic carboxylic acids is 1. The standard InChI is InChI=1S/C14H14O5S2/c1-2-7-21(17,18)13-6-4-3-5-11(13)19-10-8-12(14(15)16)20-9-10/h3-6,8-9H,2,7H2,1H3,(H,15,16). The van der Waals surface area contributed by atoms with Crippen molar-refractivity contribution in [3.63, 3.8) is 0 Å². The van der Waals surface area contributed by atoms with Gasteiger partial charge in [-0.3, -0.25) is 0 Å². The maximum Gasteiger partial charge on any atom is 0.346 e. The molecule has 0 radical (unpaired) electrons. The van der Waals surface area contributed by atoms with Gasteiger partial charge in [0.1, 0.15) is 21.3 Å². The van der Waals surface area contributed by atoms with Crippen molar-refractivity contribution in [1.82, 2.24) is 0 Å². The first-order valence-corrected chi connectivity index (χ1v) is 8.78. The molecule has 7 heteroatoms. The number of carbonyl (C=O) groups is 1. The molecule has 0 aliphatic carbocycles. The van der Waals surface area contributed by atoms with Crippen LogP contribution in [0.2, 0.25) is 0 Å². The van der Waals surface area contributed by atoms with Crippen LogP contribution in [-0.4, -0.2) is 25.2 Å². The van der Waals surface area contributed by atoms with Crippen molar-refractivity contribution >= 4 is 27.1 Å². The highest BCUT2D eigenvalue weighted by Crippen LogP contribution is 2.32. The maximum atomic E-state index is 12.2. The fourth-order valence-corrected chi connectivity index (χ4v) is 3.89. The van der Waals surface area contributed by atoms with Crippen LogP contribution in [0.5, 0.6) is 11.5 Å². The molecule has 0 aliphatic heterocycles. The molecule has 0 spiro atoms. The van der Waals surface area contributed by atoms with E-state index in [1.807, 2.05) is 0 Å². The third-order valence-electron chi connectivity index (χ3n) is 2.67. The first-order chi connectivity index (χ1) is 9.94. The molecule has 2 rings (SSSR count). The molecule has 21 heavy (non-hydrogen) atoms. The molecule has 0 saturated heterocycles. The normalized spacial score (nSPS) is 11.3. The van der Waals surface area contributed by atoms with Crippen LogP contribution < -0.4 is 4.74 Å². The molecule has 0 unspecified atom stereocenters.